The Balaban J connectivity index is 2.65. The molecule has 4 nitrogen and oxygen atoms in total. The largest absolute Gasteiger partial charge is 0.281 e. The van der Waals surface area contributed by atoms with Crippen molar-refractivity contribution in [2.75, 3.05) is 0 Å². The topological polar surface area (TPSA) is 55.4 Å². The summed E-state index contributed by atoms with van der Waals surface area (Å²) >= 11 is 0. The molecule has 0 unspecified atom stereocenters. The molecule has 0 aliphatic carbocycles. The van der Waals surface area contributed by atoms with Gasteiger partial charge in [-0.3, -0.25) is 4.84 Å². The zero-order valence-corrected chi connectivity index (χ0v) is 11.0. The molecule has 0 aromatic heterocycles. The van der Waals surface area contributed by atoms with Gasteiger partial charge in [-0.1, -0.05) is 35.2 Å². The van der Waals surface area contributed by atoms with Crippen molar-refractivity contribution >= 4 is 16.1 Å². The Morgan fingerprint density at radius 3 is 2.29 bits per heavy atom. The second-order valence-corrected chi connectivity index (χ2v) is 6.09. The minimum Gasteiger partial charge on any atom is -0.281 e. The van der Waals surface area contributed by atoms with Gasteiger partial charge in [0.1, 0.15) is 0 Å². The molecule has 0 amide bonds. The third-order valence-electron chi connectivity index (χ3n) is 1.70. The van der Waals surface area contributed by atoms with Gasteiger partial charge in [-0.2, -0.15) is 0 Å². The number of hydrogen-bond donors (Lipinski definition) is 1. The lowest BCUT2D eigenvalue weighted by Crippen LogP contribution is -2.32. The van der Waals surface area contributed by atoms with Crippen LogP contribution in [0.5, 0.6) is 0 Å². The minimum absolute atomic E-state index is 0.562. The zero-order valence-electron chi connectivity index (χ0n) is 10.2. The van der Waals surface area contributed by atoms with Crippen molar-refractivity contribution in [3.8, 4) is 0 Å². The molecule has 1 N–H and O–H groups in total. The maximum Gasteiger partial charge on any atom is 0.255 e. The van der Waals surface area contributed by atoms with Gasteiger partial charge in [0.15, 0.2) is 0 Å². The number of hydrogen-bond acceptors (Lipinski definition) is 3. The lowest BCUT2D eigenvalue weighted by molar-refractivity contribution is -0.0352. The predicted molar refractivity (Wildman–Crippen MR) is 68.4 cm³/mol. The molecule has 0 saturated heterocycles. The Morgan fingerprint density at radius 2 is 1.76 bits per heavy atom. The molecule has 0 aliphatic heterocycles. The molecule has 94 valence electrons. The molecule has 0 saturated carbocycles. The first kappa shape index (κ1) is 13.9. The first-order valence-corrected chi connectivity index (χ1v) is 6.76. The fourth-order valence-corrected chi connectivity index (χ4v) is 1.70. The maximum atomic E-state index is 11.5. The lowest BCUT2D eigenvalue weighted by atomic mass is 10.2. The molecule has 0 bridgehead atoms. The molecular formula is C12H17NO3S. The van der Waals surface area contributed by atoms with E-state index in [-0.39, 0.29) is 0 Å². The summed E-state index contributed by atoms with van der Waals surface area (Å²) in [4.78, 5) is 7.05. The van der Waals surface area contributed by atoms with Crippen LogP contribution in [0.1, 0.15) is 26.3 Å². The van der Waals surface area contributed by atoms with Crippen LogP contribution in [-0.2, 0) is 14.9 Å². The average molecular weight is 255 g/mol. The van der Waals surface area contributed by atoms with Gasteiger partial charge in [0.25, 0.3) is 10.0 Å². The van der Waals surface area contributed by atoms with E-state index in [1.54, 1.807) is 20.8 Å². The van der Waals surface area contributed by atoms with Crippen molar-refractivity contribution in [2.45, 2.75) is 26.4 Å². The van der Waals surface area contributed by atoms with Gasteiger partial charge in [-0.05, 0) is 32.4 Å². The Bertz CT molecular complexity index is 472. The Hall–Kier alpha value is -1.17. The zero-order chi connectivity index (χ0) is 12.9. The van der Waals surface area contributed by atoms with Crippen molar-refractivity contribution in [1.82, 2.24) is 4.89 Å². The summed E-state index contributed by atoms with van der Waals surface area (Å²) in [5.41, 5.74) is 0.252. The Kier molecular flexibility index (Phi) is 4.45. The smallest absolute Gasteiger partial charge is 0.255 e. The summed E-state index contributed by atoms with van der Waals surface area (Å²) in [6, 6.07) is 9.18. The second-order valence-electron chi connectivity index (χ2n) is 4.56. The van der Waals surface area contributed by atoms with Crippen molar-refractivity contribution < 1.29 is 13.3 Å². The van der Waals surface area contributed by atoms with Crippen molar-refractivity contribution in [2.24, 2.45) is 0 Å². The first-order chi connectivity index (χ1) is 7.79. The van der Waals surface area contributed by atoms with Crippen LogP contribution in [-0.4, -0.2) is 14.0 Å². The van der Waals surface area contributed by atoms with Gasteiger partial charge >= 0.3 is 0 Å². The molecule has 17 heavy (non-hydrogen) atoms. The number of benzene rings is 1. The summed E-state index contributed by atoms with van der Waals surface area (Å²) in [5, 5.41) is 1.08. The minimum atomic E-state index is -3.57. The van der Waals surface area contributed by atoms with Gasteiger partial charge < -0.3 is 0 Å². The van der Waals surface area contributed by atoms with E-state index in [1.807, 2.05) is 30.3 Å². The molecule has 1 aromatic carbocycles. The molecule has 0 fully saturated rings. The molecular weight excluding hydrogens is 238 g/mol. The maximum absolute atomic E-state index is 11.5. The normalized spacial score (nSPS) is 13.1. The van der Waals surface area contributed by atoms with Crippen LogP contribution < -0.4 is 4.89 Å². The Morgan fingerprint density at radius 1 is 1.18 bits per heavy atom. The summed E-state index contributed by atoms with van der Waals surface area (Å²) in [6.45, 7) is 5.28. The Labute approximate surface area is 102 Å². The van der Waals surface area contributed by atoms with E-state index in [9.17, 15) is 8.42 Å². The van der Waals surface area contributed by atoms with Crippen LogP contribution in [0.4, 0.5) is 0 Å². The molecule has 1 aromatic rings. The first-order valence-electron chi connectivity index (χ1n) is 5.21. The van der Waals surface area contributed by atoms with Crippen molar-refractivity contribution in [3.63, 3.8) is 0 Å². The highest BCUT2D eigenvalue weighted by Crippen LogP contribution is 2.06. The third-order valence-corrected chi connectivity index (χ3v) is 2.51. The van der Waals surface area contributed by atoms with Crippen LogP contribution >= 0.6 is 0 Å². The van der Waals surface area contributed by atoms with Crippen LogP contribution in [0.3, 0.4) is 0 Å². The third kappa shape index (κ3) is 6.21. The average Bonchev–Trinajstić information content (AvgIpc) is 2.25. The van der Waals surface area contributed by atoms with E-state index in [0.29, 0.717) is 0 Å². The van der Waals surface area contributed by atoms with E-state index >= 15 is 0 Å². The van der Waals surface area contributed by atoms with Crippen molar-refractivity contribution in [1.29, 1.82) is 0 Å². The van der Waals surface area contributed by atoms with Gasteiger partial charge in [0.05, 0.1) is 5.60 Å². The number of rotatable bonds is 4. The molecule has 0 spiro atoms. The van der Waals surface area contributed by atoms with E-state index in [0.717, 1.165) is 11.0 Å². The van der Waals surface area contributed by atoms with Crippen LogP contribution in [0.25, 0.3) is 6.08 Å². The molecule has 1 rings (SSSR count). The van der Waals surface area contributed by atoms with Crippen LogP contribution in [0, 0.1) is 0 Å². The van der Waals surface area contributed by atoms with E-state index in [1.165, 1.54) is 6.08 Å². The summed E-state index contributed by atoms with van der Waals surface area (Å²) in [7, 11) is -3.57. The fraction of sp³-hybridized carbons (Fsp3) is 0.333. The molecule has 0 heterocycles. The summed E-state index contributed by atoms with van der Waals surface area (Å²) in [6.07, 6.45) is 1.51. The van der Waals surface area contributed by atoms with Gasteiger partial charge in [0, 0.05) is 5.41 Å². The summed E-state index contributed by atoms with van der Waals surface area (Å²) in [5.74, 6) is 0. The van der Waals surface area contributed by atoms with Crippen LogP contribution in [0.2, 0.25) is 0 Å². The quantitative estimate of drug-likeness (QED) is 0.840. The van der Waals surface area contributed by atoms with Crippen molar-refractivity contribution in [3.05, 3.63) is 41.3 Å². The van der Waals surface area contributed by atoms with Crippen LogP contribution in [0.15, 0.2) is 35.7 Å². The van der Waals surface area contributed by atoms with E-state index in [4.69, 9.17) is 4.84 Å². The van der Waals surface area contributed by atoms with Gasteiger partial charge in [-0.25, -0.2) is 8.42 Å². The number of sulfonamides is 1. The second kappa shape index (κ2) is 5.44. The highest BCUT2D eigenvalue weighted by Gasteiger charge is 2.14. The highest BCUT2D eigenvalue weighted by molar-refractivity contribution is 7.92. The SMILES string of the molecule is CC(C)(C)ONS(=O)(=O)/C=C/c1ccccc1. The standard InChI is InChI=1S/C12H17NO3S/c1-12(2,3)16-13-17(14,15)10-9-11-7-5-4-6-8-11/h4-10,13H,1-3H3/b10-9+. The van der Waals surface area contributed by atoms with E-state index < -0.39 is 15.6 Å². The predicted octanol–water partition coefficient (Wildman–Crippen LogP) is 2.31. The number of nitrogens with one attached hydrogen (secondary N) is 1. The molecule has 0 radical (unpaired) electrons. The molecule has 5 heteroatoms. The van der Waals surface area contributed by atoms with Gasteiger partial charge in [0.2, 0.25) is 0 Å². The molecule has 0 aliphatic rings. The molecule has 0 atom stereocenters. The lowest BCUT2D eigenvalue weighted by Gasteiger charge is -2.18. The fourth-order valence-electron chi connectivity index (χ4n) is 0.943. The summed E-state index contributed by atoms with van der Waals surface area (Å²) < 4.78 is 23.1. The van der Waals surface area contributed by atoms with E-state index in [2.05, 4.69) is 4.89 Å². The highest BCUT2D eigenvalue weighted by atomic mass is 32.2. The monoisotopic (exact) mass is 255 g/mol. The van der Waals surface area contributed by atoms with Gasteiger partial charge in [-0.15, -0.1) is 0 Å².